The van der Waals surface area contributed by atoms with Crippen molar-refractivity contribution >= 4 is 6.21 Å². The summed E-state index contributed by atoms with van der Waals surface area (Å²) >= 11 is 0. The van der Waals surface area contributed by atoms with Crippen LogP contribution < -0.4 is 0 Å². The highest BCUT2D eigenvalue weighted by Crippen LogP contribution is 1.77. The van der Waals surface area contributed by atoms with Crippen molar-refractivity contribution in [2.45, 2.75) is 20.3 Å². The second-order valence-electron chi connectivity index (χ2n) is 1.62. The van der Waals surface area contributed by atoms with Gasteiger partial charge in [0.1, 0.15) is 0 Å². The molecule has 0 aromatic heterocycles. The predicted molar refractivity (Wildman–Crippen MR) is 42.7 cm³/mol. The lowest BCUT2D eigenvalue weighted by Gasteiger charge is -1.72. The molecular formula is C8H13N. The largest absolute Gasteiger partial charge is 0.265 e. The summed E-state index contributed by atoms with van der Waals surface area (Å²) in [7, 11) is 0. The van der Waals surface area contributed by atoms with Gasteiger partial charge in [0.2, 0.25) is 0 Å². The SMILES string of the molecule is C\C=C/N=C\C=C/CC. The van der Waals surface area contributed by atoms with E-state index in [0.717, 1.165) is 6.42 Å². The first-order chi connectivity index (χ1) is 4.41. The van der Waals surface area contributed by atoms with Crippen LogP contribution in [0.4, 0.5) is 0 Å². The van der Waals surface area contributed by atoms with Crippen molar-refractivity contribution in [2.24, 2.45) is 4.99 Å². The molecule has 9 heavy (non-hydrogen) atoms. The van der Waals surface area contributed by atoms with E-state index in [9.17, 15) is 0 Å². The van der Waals surface area contributed by atoms with Crippen LogP contribution in [-0.2, 0) is 0 Å². The van der Waals surface area contributed by atoms with E-state index < -0.39 is 0 Å². The molecule has 0 bridgehead atoms. The van der Waals surface area contributed by atoms with Crippen LogP contribution in [-0.4, -0.2) is 6.21 Å². The van der Waals surface area contributed by atoms with Crippen LogP contribution in [0.15, 0.2) is 29.4 Å². The van der Waals surface area contributed by atoms with E-state index in [0.29, 0.717) is 0 Å². The smallest absolute Gasteiger partial charge is 0.0264 e. The van der Waals surface area contributed by atoms with Gasteiger partial charge < -0.3 is 0 Å². The Balaban J connectivity index is 3.35. The third kappa shape index (κ3) is 7.15. The third-order valence-corrected chi connectivity index (χ3v) is 0.779. The van der Waals surface area contributed by atoms with Gasteiger partial charge in [0.15, 0.2) is 0 Å². The lowest BCUT2D eigenvalue weighted by atomic mass is 10.4. The zero-order valence-electron chi connectivity index (χ0n) is 6.04. The van der Waals surface area contributed by atoms with E-state index in [4.69, 9.17) is 0 Å². The number of hydrogen-bond acceptors (Lipinski definition) is 1. The molecule has 1 nitrogen and oxygen atoms in total. The van der Waals surface area contributed by atoms with Crippen molar-refractivity contribution in [1.82, 2.24) is 0 Å². The van der Waals surface area contributed by atoms with Crippen LogP contribution >= 0.6 is 0 Å². The van der Waals surface area contributed by atoms with E-state index in [2.05, 4.69) is 18.0 Å². The molecule has 50 valence electrons. The summed E-state index contributed by atoms with van der Waals surface area (Å²) in [5.74, 6) is 0. The fourth-order valence-corrected chi connectivity index (χ4v) is 0.382. The summed E-state index contributed by atoms with van der Waals surface area (Å²) in [6.45, 7) is 4.04. The Morgan fingerprint density at radius 1 is 1.44 bits per heavy atom. The van der Waals surface area contributed by atoms with Gasteiger partial charge in [-0.3, -0.25) is 4.99 Å². The molecule has 0 saturated heterocycles. The van der Waals surface area contributed by atoms with Crippen LogP contribution in [0.25, 0.3) is 0 Å². The maximum atomic E-state index is 3.94. The van der Waals surface area contributed by atoms with Crippen molar-refractivity contribution in [3.05, 3.63) is 24.4 Å². The molecule has 0 rings (SSSR count). The van der Waals surface area contributed by atoms with Gasteiger partial charge in [0, 0.05) is 12.4 Å². The molecule has 0 amide bonds. The second-order valence-corrected chi connectivity index (χ2v) is 1.62. The van der Waals surface area contributed by atoms with E-state index in [1.165, 1.54) is 0 Å². The zero-order valence-corrected chi connectivity index (χ0v) is 6.04. The van der Waals surface area contributed by atoms with E-state index in [1.807, 2.05) is 19.1 Å². The first-order valence-corrected chi connectivity index (χ1v) is 3.21. The Morgan fingerprint density at radius 3 is 2.78 bits per heavy atom. The molecule has 0 aromatic carbocycles. The van der Waals surface area contributed by atoms with Crippen LogP contribution in [0.3, 0.4) is 0 Å². The van der Waals surface area contributed by atoms with Gasteiger partial charge in [-0.05, 0) is 19.4 Å². The highest BCUT2D eigenvalue weighted by molar-refractivity contribution is 5.71. The Kier molecular flexibility index (Phi) is 6.47. The van der Waals surface area contributed by atoms with Crippen LogP contribution in [0.5, 0.6) is 0 Å². The zero-order chi connectivity index (χ0) is 6.95. The minimum atomic E-state index is 1.07. The first-order valence-electron chi connectivity index (χ1n) is 3.21. The molecule has 0 unspecified atom stereocenters. The summed E-state index contributed by atoms with van der Waals surface area (Å²) in [5, 5.41) is 0. The normalized spacial score (nSPS) is 12.7. The monoisotopic (exact) mass is 123 g/mol. The van der Waals surface area contributed by atoms with Crippen molar-refractivity contribution in [3.8, 4) is 0 Å². The molecule has 0 radical (unpaired) electrons. The minimum Gasteiger partial charge on any atom is -0.265 e. The van der Waals surface area contributed by atoms with Gasteiger partial charge >= 0.3 is 0 Å². The Bertz CT molecular complexity index is 121. The molecule has 0 fully saturated rings. The number of allylic oxidation sites excluding steroid dienone is 3. The highest BCUT2D eigenvalue weighted by atomic mass is 14.6. The molecular weight excluding hydrogens is 110 g/mol. The summed E-state index contributed by atoms with van der Waals surface area (Å²) < 4.78 is 0. The first kappa shape index (κ1) is 8.15. The van der Waals surface area contributed by atoms with Gasteiger partial charge in [0.05, 0.1) is 0 Å². The maximum Gasteiger partial charge on any atom is 0.0264 e. The molecule has 0 N–H and O–H groups in total. The van der Waals surface area contributed by atoms with Crippen molar-refractivity contribution in [2.75, 3.05) is 0 Å². The Morgan fingerprint density at radius 2 is 2.22 bits per heavy atom. The summed E-state index contributed by atoms with van der Waals surface area (Å²) in [6, 6.07) is 0. The summed E-state index contributed by atoms with van der Waals surface area (Å²) in [4.78, 5) is 3.94. The number of nitrogens with zero attached hydrogens (tertiary/aromatic N) is 1. The lowest BCUT2D eigenvalue weighted by Crippen LogP contribution is -1.60. The minimum absolute atomic E-state index is 1.07. The van der Waals surface area contributed by atoms with Gasteiger partial charge in [-0.2, -0.15) is 0 Å². The molecule has 0 spiro atoms. The number of rotatable bonds is 3. The third-order valence-electron chi connectivity index (χ3n) is 0.779. The predicted octanol–water partition coefficient (Wildman–Crippen LogP) is 2.56. The fourth-order valence-electron chi connectivity index (χ4n) is 0.382. The van der Waals surface area contributed by atoms with Crippen LogP contribution in [0.1, 0.15) is 20.3 Å². The van der Waals surface area contributed by atoms with Gasteiger partial charge in [-0.1, -0.05) is 19.1 Å². The fraction of sp³-hybridized carbons (Fsp3) is 0.375. The molecule has 0 aliphatic carbocycles. The average molecular weight is 123 g/mol. The molecule has 0 aliphatic rings. The van der Waals surface area contributed by atoms with E-state index in [1.54, 1.807) is 12.4 Å². The van der Waals surface area contributed by atoms with Crippen LogP contribution in [0.2, 0.25) is 0 Å². The van der Waals surface area contributed by atoms with Crippen molar-refractivity contribution in [3.63, 3.8) is 0 Å². The number of hydrogen-bond donors (Lipinski definition) is 0. The van der Waals surface area contributed by atoms with Gasteiger partial charge in [-0.25, -0.2) is 0 Å². The standard InChI is InChI=1S/C8H13N/c1-3-5-6-8-9-7-4-2/h4-8H,3H2,1-2H3/b6-5-,7-4-,9-8-. The van der Waals surface area contributed by atoms with Gasteiger partial charge in [-0.15, -0.1) is 0 Å². The summed E-state index contributed by atoms with van der Waals surface area (Å²) in [5.41, 5.74) is 0. The Labute approximate surface area is 56.8 Å². The van der Waals surface area contributed by atoms with E-state index in [-0.39, 0.29) is 0 Å². The molecule has 0 saturated carbocycles. The molecule has 0 aliphatic heterocycles. The van der Waals surface area contributed by atoms with Crippen molar-refractivity contribution < 1.29 is 0 Å². The molecule has 1 heteroatoms. The lowest BCUT2D eigenvalue weighted by molar-refractivity contribution is 1.23. The highest BCUT2D eigenvalue weighted by Gasteiger charge is 1.60. The number of aliphatic imine (C=N–C) groups is 1. The summed E-state index contributed by atoms with van der Waals surface area (Å²) in [6.07, 6.45) is 10.5. The maximum absolute atomic E-state index is 3.94. The molecule has 0 aromatic rings. The van der Waals surface area contributed by atoms with Crippen molar-refractivity contribution in [1.29, 1.82) is 0 Å². The second kappa shape index (κ2) is 7.15. The molecule has 0 heterocycles. The Hall–Kier alpha value is -0.850. The average Bonchev–Trinajstić information content (AvgIpc) is 1.89. The van der Waals surface area contributed by atoms with Crippen LogP contribution in [0, 0.1) is 0 Å². The molecule has 0 atom stereocenters. The quantitative estimate of drug-likeness (QED) is 0.511. The van der Waals surface area contributed by atoms with Gasteiger partial charge in [0.25, 0.3) is 0 Å². The van der Waals surface area contributed by atoms with E-state index >= 15 is 0 Å². The topological polar surface area (TPSA) is 12.4 Å².